The van der Waals surface area contributed by atoms with Crippen molar-refractivity contribution in [1.82, 2.24) is 0 Å². The van der Waals surface area contributed by atoms with Crippen LogP contribution in [0.4, 0.5) is 0 Å². The number of unbranched alkanes of at least 4 members (excludes halogenated alkanes) is 2. The lowest BCUT2D eigenvalue weighted by atomic mass is 9.81. The highest BCUT2D eigenvalue weighted by molar-refractivity contribution is 5.99. The summed E-state index contributed by atoms with van der Waals surface area (Å²) in [6, 6.07) is 39.0. The van der Waals surface area contributed by atoms with Crippen LogP contribution in [0.5, 0.6) is 0 Å². The molecule has 0 aromatic heterocycles. The lowest BCUT2D eigenvalue weighted by Gasteiger charge is -2.24. The first-order chi connectivity index (χ1) is 17.9. The molecule has 0 aliphatic heterocycles. The third-order valence-electron chi connectivity index (χ3n) is 7.31. The minimum atomic E-state index is 0.255. The van der Waals surface area contributed by atoms with Crippen LogP contribution in [0.2, 0.25) is 0 Å². The fourth-order valence-corrected chi connectivity index (χ4v) is 4.43. The van der Waals surface area contributed by atoms with Crippen molar-refractivity contribution in [2.75, 3.05) is 0 Å². The molecule has 0 heteroatoms. The molecule has 0 radical (unpaired) electrons. The average Bonchev–Trinajstić information content (AvgIpc) is 2.94. The van der Waals surface area contributed by atoms with Gasteiger partial charge in [0, 0.05) is 0 Å². The van der Waals surface area contributed by atoms with Crippen LogP contribution in [0.25, 0.3) is 32.7 Å². The van der Waals surface area contributed by atoms with Crippen LogP contribution in [-0.4, -0.2) is 0 Å². The number of aryl methyl sites for hydroxylation is 1. The maximum absolute atomic E-state index is 2.32. The van der Waals surface area contributed by atoms with E-state index in [0.717, 1.165) is 6.42 Å². The second-order valence-corrected chi connectivity index (χ2v) is 10.5. The van der Waals surface area contributed by atoms with Crippen LogP contribution >= 0.6 is 0 Å². The SMILES string of the molecule is CCC(C)(C)c1cccc(-c2ccccc2)c1.CCCCC.Cc1cccc2cc3ccccc3cc12. The molecule has 0 unspecified atom stereocenters. The van der Waals surface area contributed by atoms with E-state index >= 15 is 0 Å². The zero-order valence-corrected chi connectivity index (χ0v) is 23.7. The molecule has 5 aromatic rings. The Balaban J connectivity index is 0.000000175. The molecule has 5 aromatic carbocycles. The standard InChI is InChI=1S/C17H20.C15H12.C5H12/c1-4-17(2,3)16-12-8-11-15(13-16)14-9-6-5-7-10-14;1-11-5-4-8-14-9-12-6-2-3-7-13(12)10-15(11)14;1-3-5-4-2/h5-13H,4H2,1-3H3;2-10H,1H3;3-5H2,1-2H3. The molecular weight excluding hydrogens is 444 g/mol. The summed E-state index contributed by atoms with van der Waals surface area (Å²) in [4.78, 5) is 0. The molecule has 192 valence electrons. The predicted molar refractivity (Wildman–Crippen MR) is 167 cm³/mol. The summed E-state index contributed by atoms with van der Waals surface area (Å²) in [5.74, 6) is 0. The molecule has 0 bridgehead atoms. The third kappa shape index (κ3) is 7.80. The summed E-state index contributed by atoms with van der Waals surface area (Å²) in [6.07, 6.45) is 5.23. The monoisotopic (exact) mass is 488 g/mol. The van der Waals surface area contributed by atoms with Crippen molar-refractivity contribution in [3.63, 3.8) is 0 Å². The topological polar surface area (TPSA) is 0 Å². The molecule has 0 nitrogen and oxygen atoms in total. The first-order valence-electron chi connectivity index (χ1n) is 13.9. The number of fused-ring (bicyclic) bond motifs is 2. The second kappa shape index (κ2) is 13.8. The average molecular weight is 489 g/mol. The van der Waals surface area contributed by atoms with Gasteiger partial charge >= 0.3 is 0 Å². The molecule has 0 spiro atoms. The first-order valence-corrected chi connectivity index (χ1v) is 13.9. The summed E-state index contributed by atoms with van der Waals surface area (Å²) < 4.78 is 0. The number of hydrogen-bond acceptors (Lipinski definition) is 0. The molecule has 0 fully saturated rings. The zero-order valence-electron chi connectivity index (χ0n) is 23.7. The Bertz CT molecular complexity index is 1370. The van der Waals surface area contributed by atoms with Gasteiger partial charge in [0.25, 0.3) is 0 Å². The molecule has 0 aliphatic rings. The van der Waals surface area contributed by atoms with Crippen molar-refractivity contribution >= 4 is 21.5 Å². The highest BCUT2D eigenvalue weighted by Gasteiger charge is 2.18. The van der Waals surface area contributed by atoms with Gasteiger partial charge in [0.15, 0.2) is 0 Å². The molecule has 0 amide bonds. The Labute approximate surface area is 225 Å². The molecule has 37 heavy (non-hydrogen) atoms. The van der Waals surface area contributed by atoms with Crippen LogP contribution in [0.1, 0.15) is 71.4 Å². The van der Waals surface area contributed by atoms with E-state index in [-0.39, 0.29) is 5.41 Å². The number of benzene rings is 5. The van der Waals surface area contributed by atoms with E-state index in [9.17, 15) is 0 Å². The van der Waals surface area contributed by atoms with E-state index in [2.05, 4.69) is 151 Å². The van der Waals surface area contributed by atoms with Crippen LogP contribution in [0.3, 0.4) is 0 Å². The number of hydrogen-bond donors (Lipinski definition) is 0. The van der Waals surface area contributed by atoms with Gasteiger partial charge in [0.2, 0.25) is 0 Å². The quantitative estimate of drug-likeness (QED) is 0.216. The maximum atomic E-state index is 2.32. The first kappa shape index (κ1) is 28.2. The normalized spacial score (nSPS) is 10.9. The molecule has 0 aliphatic carbocycles. The minimum absolute atomic E-state index is 0.255. The van der Waals surface area contributed by atoms with Gasteiger partial charge in [-0.25, -0.2) is 0 Å². The highest BCUT2D eigenvalue weighted by atomic mass is 14.2. The Hall–Kier alpha value is -3.38. The maximum Gasteiger partial charge on any atom is -0.0106 e. The van der Waals surface area contributed by atoms with E-state index in [1.54, 1.807) is 0 Å². The van der Waals surface area contributed by atoms with Crippen molar-refractivity contribution in [2.24, 2.45) is 0 Å². The smallest absolute Gasteiger partial charge is 0.0106 e. The van der Waals surface area contributed by atoms with Gasteiger partial charge in [-0.2, -0.15) is 0 Å². The van der Waals surface area contributed by atoms with Gasteiger partial charge in [0.1, 0.15) is 0 Å². The Kier molecular flexibility index (Phi) is 10.5. The summed E-state index contributed by atoms with van der Waals surface area (Å²) in [5.41, 5.74) is 5.62. The van der Waals surface area contributed by atoms with Gasteiger partial charge in [-0.1, -0.05) is 151 Å². The molecule has 5 rings (SSSR count). The zero-order chi connectivity index (χ0) is 26.7. The lowest BCUT2D eigenvalue weighted by Crippen LogP contribution is -2.15. The molecular formula is C37H44. The lowest BCUT2D eigenvalue weighted by molar-refractivity contribution is 0.506. The van der Waals surface area contributed by atoms with Crippen LogP contribution in [-0.2, 0) is 5.41 Å². The van der Waals surface area contributed by atoms with Crippen LogP contribution in [0.15, 0.2) is 109 Å². The van der Waals surface area contributed by atoms with E-state index < -0.39 is 0 Å². The summed E-state index contributed by atoms with van der Waals surface area (Å²) >= 11 is 0. The molecule has 0 heterocycles. The summed E-state index contributed by atoms with van der Waals surface area (Å²) in [6.45, 7) is 13.4. The van der Waals surface area contributed by atoms with Crippen molar-refractivity contribution in [1.29, 1.82) is 0 Å². The predicted octanol–water partition coefficient (Wildman–Crippen LogP) is 11.5. The molecule has 0 saturated carbocycles. The molecule has 0 atom stereocenters. The molecule has 0 saturated heterocycles. The van der Waals surface area contributed by atoms with Crippen LogP contribution < -0.4 is 0 Å². The van der Waals surface area contributed by atoms with Gasteiger partial charge in [0.05, 0.1) is 0 Å². The van der Waals surface area contributed by atoms with E-state index in [1.807, 2.05) is 0 Å². The van der Waals surface area contributed by atoms with Gasteiger partial charge < -0.3 is 0 Å². The van der Waals surface area contributed by atoms with Gasteiger partial charge in [-0.05, 0) is 74.7 Å². The van der Waals surface area contributed by atoms with E-state index in [4.69, 9.17) is 0 Å². The third-order valence-corrected chi connectivity index (χ3v) is 7.31. The van der Waals surface area contributed by atoms with E-state index in [0.29, 0.717) is 0 Å². The Morgan fingerprint density at radius 1 is 0.541 bits per heavy atom. The largest absolute Gasteiger partial charge is 0.0654 e. The molecule has 0 N–H and O–H groups in total. The highest BCUT2D eigenvalue weighted by Crippen LogP contribution is 2.30. The second-order valence-electron chi connectivity index (χ2n) is 10.5. The van der Waals surface area contributed by atoms with Crippen molar-refractivity contribution in [3.8, 4) is 11.1 Å². The number of rotatable bonds is 5. The van der Waals surface area contributed by atoms with Crippen LogP contribution in [0, 0.1) is 6.92 Å². The Morgan fingerprint density at radius 3 is 1.73 bits per heavy atom. The van der Waals surface area contributed by atoms with Gasteiger partial charge in [-0.3, -0.25) is 0 Å². The van der Waals surface area contributed by atoms with Gasteiger partial charge in [-0.15, -0.1) is 0 Å². The van der Waals surface area contributed by atoms with Crippen molar-refractivity contribution in [2.45, 2.75) is 72.6 Å². The fraction of sp³-hybridized carbons (Fsp3) is 0.297. The minimum Gasteiger partial charge on any atom is -0.0654 e. The van der Waals surface area contributed by atoms with E-state index in [1.165, 1.54) is 63.1 Å². The fourth-order valence-electron chi connectivity index (χ4n) is 4.43. The van der Waals surface area contributed by atoms with Crippen molar-refractivity contribution < 1.29 is 0 Å². The van der Waals surface area contributed by atoms with Crippen molar-refractivity contribution in [3.05, 3.63) is 120 Å². The summed E-state index contributed by atoms with van der Waals surface area (Å²) in [5, 5.41) is 5.32. The summed E-state index contributed by atoms with van der Waals surface area (Å²) in [7, 11) is 0. The Morgan fingerprint density at radius 2 is 1.11 bits per heavy atom.